The highest BCUT2D eigenvalue weighted by Crippen LogP contribution is 2.40. The van der Waals surface area contributed by atoms with Crippen molar-refractivity contribution in [1.29, 1.82) is 0 Å². The highest BCUT2D eigenvalue weighted by atomic mass is 127. The Balaban J connectivity index is 0.00000341. The fourth-order valence-electron chi connectivity index (χ4n) is 4.66. The number of halogens is 1. The van der Waals surface area contributed by atoms with Gasteiger partial charge in [-0.1, -0.05) is 37.1 Å². The van der Waals surface area contributed by atoms with Gasteiger partial charge in [0.2, 0.25) is 0 Å². The van der Waals surface area contributed by atoms with Crippen LogP contribution in [0, 0.1) is 5.41 Å². The molecule has 3 rings (SSSR count). The van der Waals surface area contributed by atoms with Crippen molar-refractivity contribution in [3.05, 3.63) is 35.4 Å². The average molecular weight is 544 g/mol. The summed E-state index contributed by atoms with van der Waals surface area (Å²) in [5, 5.41) is 7.05. The number of ether oxygens (including phenoxy) is 1. The van der Waals surface area contributed by atoms with Gasteiger partial charge in [0.25, 0.3) is 0 Å². The lowest BCUT2D eigenvalue weighted by molar-refractivity contribution is 0.138. The van der Waals surface area contributed by atoms with Gasteiger partial charge in [0.15, 0.2) is 5.96 Å². The van der Waals surface area contributed by atoms with Gasteiger partial charge in [-0.3, -0.25) is 9.89 Å². The van der Waals surface area contributed by atoms with E-state index in [-0.39, 0.29) is 24.0 Å². The second kappa shape index (κ2) is 13.6. The van der Waals surface area contributed by atoms with Crippen LogP contribution >= 0.6 is 24.0 Å². The summed E-state index contributed by atoms with van der Waals surface area (Å²) in [4.78, 5) is 9.37. The number of rotatable bonds is 9. The van der Waals surface area contributed by atoms with Crippen LogP contribution in [0.2, 0.25) is 0 Å². The minimum Gasteiger partial charge on any atom is -0.385 e. The zero-order valence-electron chi connectivity index (χ0n) is 19.7. The third-order valence-corrected chi connectivity index (χ3v) is 6.84. The van der Waals surface area contributed by atoms with Crippen LogP contribution < -0.4 is 10.6 Å². The molecule has 0 spiro atoms. The number of nitrogens with one attached hydrogen (secondary N) is 2. The van der Waals surface area contributed by atoms with Gasteiger partial charge in [-0.05, 0) is 42.9 Å². The molecule has 2 N–H and O–H groups in total. The lowest BCUT2D eigenvalue weighted by atomic mass is 9.83. The molecule has 0 unspecified atom stereocenters. The Hall–Kier alpha value is -0.900. The summed E-state index contributed by atoms with van der Waals surface area (Å²) in [6.07, 6.45) is 6.36. The SMILES string of the molecule is CN=C(NCc1ccc(CN2CCN(C)CC2)cc1)NCC1(CCOC)CCCC1.I. The third kappa shape index (κ3) is 8.51. The predicted molar refractivity (Wildman–Crippen MR) is 140 cm³/mol. The first-order valence-electron chi connectivity index (χ1n) is 11.5. The molecule has 6 nitrogen and oxygen atoms in total. The van der Waals surface area contributed by atoms with Gasteiger partial charge in [0.1, 0.15) is 0 Å². The minimum absolute atomic E-state index is 0. The van der Waals surface area contributed by atoms with Crippen LogP contribution in [0.4, 0.5) is 0 Å². The van der Waals surface area contributed by atoms with E-state index in [1.54, 1.807) is 7.11 Å². The summed E-state index contributed by atoms with van der Waals surface area (Å²) in [6.45, 7) is 8.31. The molecule has 1 aromatic rings. The molecule has 1 saturated heterocycles. The van der Waals surface area contributed by atoms with Crippen LogP contribution in [0.1, 0.15) is 43.2 Å². The molecule has 1 aromatic carbocycles. The van der Waals surface area contributed by atoms with Gasteiger partial charge in [-0.2, -0.15) is 0 Å². The van der Waals surface area contributed by atoms with E-state index >= 15 is 0 Å². The second-order valence-corrected chi connectivity index (χ2v) is 9.13. The van der Waals surface area contributed by atoms with Crippen LogP contribution in [0.3, 0.4) is 0 Å². The van der Waals surface area contributed by atoms with E-state index in [0.29, 0.717) is 5.41 Å². The molecule has 1 saturated carbocycles. The molecule has 0 atom stereocenters. The molecule has 1 heterocycles. The lowest BCUT2D eigenvalue weighted by Gasteiger charge is -2.32. The lowest BCUT2D eigenvalue weighted by Crippen LogP contribution is -2.43. The maximum absolute atomic E-state index is 5.35. The van der Waals surface area contributed by atoms with Crippen LogP contribution in [0.15, 0.2) is 29.3 Å². The standard InChI is InChI=1S/C24H41N5O.HI/c1-25-23(27-20-24(12-17-30-3)10-4-5-11-24)26-18-21-6-8-22(9-7-21)19-29-15-13-28(2)14-16-29;/h6-9H,4-5,10-20H2,1-3H3,(H2,25,26,27);1H. The Morgan fingerprint density at radius 3 is 2.29 bits per heavy atom. The first kappa shape index (κ1) is 26.4. The van der Waals surface area contributed by atoms with E-state index in [9.17, 15) is 0 Å². The van der Waals surface area contributed by atoms with Crippen LogP contribution in [0.25, 0.3) is 0 Å². The van der Waals surface area contributed by atoms with E-state index in [1.807, 2.05) is 7.05 Å². The Labute approximate surface area is 206 Å². The summed E-state index contributed by atoms with van der Waals surface area (Å²) in [5.74, 6) is 0.889. The zero-order chi connectivity index (χ0) is 21.2. The van der Waals surface area contributed by atoms with Crippen molar-refractivity contribution in [3.63, 3.8) is 0 Å². The summed E-state index contributed by atoms with van der Waals surface area (Å²) >= 11 is 0. The van der Waals surface area contributed by atoms with Gasteiger partial charge in [0.05, 0.1) is 0 Å². The Kier molecular flexibility index (Phi) is 11.6. The van der Waals surface area contributed by atoms with Crippen molar-refractivity contribution < 1.29 is 4.74 Å². The molecule has 7 heteroatoms. The number of hydrogen-bond donors (Lipinski definition) is 2. The molecule has 2 fully saturated rings. The predicted octanol–water partition coefficient (Wildman–Crippen LogP) is 3.31. The van der Waals surface area contributed by atoms with Gasteiger partial charge < -0.3 is 20.3 Å². The van der Waals surface area contributed by atoms with E-state index in [2.05, 4.69) is 56.7 Å². The maximum Gasteiger partial charge on any atom is 0.191 e. The quantitative estimate of drug-likeness (QED) is 0.285. The highest BCUT2D eigenvalue weighted by molar-refractivity contribution is 14.0. The molecule has 0 aromatic heterocycles. The molecule has 31 heavy (non-hydrogen) atoms. The molecule has 0 amide bonds. The molecule has 176 valence electrons. The van der Waals surface area contributed by atoms with E-state index in [0.717, 1.165) is 51.7 Å². The molecular formula is C24H42IN5O. The van der Waals surface area contributed by atoms with Crippen molar-refractivity contribution in [1.82, 2.24) is 20.4 Å². The molecule has 1 aliphatic carbocycles. The Morgan fingerprint density at radius 2 is 1.68 bits per heavy atom. The minimum atomic E-state index is 0. The Bertz CT molecular complexity index is 652. The molecule has 2 aliphatic rings. The normalized spacial score (nSPS) is 19.8. The fourth-order valence-corrected chi connectivity index (χ4v) is 4.66. The van der Waals surface area contributed by atoms with Crippen molar-refractivity contribution in [2.24, 2.45) is 10.4 Å². The number of nitrogens with zero attached hydrogens (tertiary/aromatic N) is 3. The summed E-state index contributed by atoms with van der Waals surface area (Å²) < 4.78 is 5.35. The summed E-state index contributed by atoms with van der Waals surface area (Å²) in [5.41, 5.74) is 3.04. The van der Waals surface area contributed by atoms with Gasteiger partial charge in [-0.15, -0.1) is 24.0 Å². The fraction of sp³-hybridized carbons (Fsp3) is 0.708. The highest BCUT2D eigenvalue weighted by Gasteiger charge is 2.33. The molecular weight excluding hydrogens is 501 g/mol. The first-order valence-corrected chi connectivity index (χ1v) is 11.5. The number of likely N-dealkylation sites (N-methyl/N-ethyl adjacent to an activating group) is 1. The van der Waals surface area contributed by atoms with E-state index in [1.165, 1.54) is 49.9 Å². The Morgan fingerprint density at radius 1 is 1.03 bits per heavy atom. The van der Waals surface area contributed by atoms with Crippen molar-refractivity contribution in [2.45, 2.75) is 45.2 Å². The van der Waals surface area contributed by atoms with Crippen molar-refractivity contribution in [3.8, 4) is 0 Å². The number of piperazine rings is 1. The van der Waals surface area contributed by atoms with Crippen LogP contribution in [0.5, 0.6) is 0 Å². The zero-order valence-corrected chi connectivity index (χ0v) is 22.0. The number of aliphatic imine (C=N–C) groups is 1. The average Bonchev–Trinajstić information content (AvgIpc) is 3.24. The van der Waals surface area contributed by atoms with Crippen molar-refractivity contribution in [2.75, 3.05) is 60.5 Å². The van der Waals surface area contributed by atoms with Crippen LogP contribution in [-0.4, -0.2) is 76.3 Å². The van der Waals surface area contributed by atoms with E-state index in [4.69, 9.17) is 4.74 Å². The number of guanidine groups is 1. The van der Waals surface area contributed by atoms with Gasteiger partial charge >= 0.3 is 0 Å². The van der Waals surface area contributed by atoms with Crippen molar-refractivity contribution >= 4 is 29.9 Å². The third-order valence-electron chi connectivity index (χ3n) is 6.84. The number of methoxy groups -OCH3 is 1. The van der Waals surface area contributed by atoms with Crippen LogP contribution in [-0.2, 0) is 17.8 Å². The number of benzene rings is 1. The van der Waals surface area contributed by atoms with Gasteiger partial charge in [-0.25, -0.2) is 0 Å². The molecule has 0 radical (unpaired) electrons. The number of hydrogen-bond acceptors (Lipinski definition) is 4. The largest absolute Gasteiger partial charge is 0.385 e. The monoisotopic (exact) mass is 543 g/mol. The summed E-state index contributed by atoms with van der Waals surface area (Å²) in [6, 6.07) is 9.01. The molecule has 0 bridgehead atoms. The van der Waals surface area contributed by atoms with E-state index < -0.39 is 0 Å². The summed E-state index contributed by atoms with van der Waals surface area (Å²) in [7, 11) is 5.85. The van der Waals surface area contributed by atoms with Gasteiger partial charge in [0, 0.05) is 66.6 Å². The topological polar surface area (TPSA) is 52.1 Å². The maximum atomic E-state index is 5.35. The molecule has 1 aliphatic heterocycles. The second-order valence-electron chi connectivity index (χ2n) is 9.13. The smallest absolute Gasteiger partial charge is 0.191 e. The first-order chi connectivity index (χ1) is 14.6.